The fraction of sp³-hybridized carbons (Fsp3) is 0.105. The Balaban J connectivity index is 2.00. The average molecular weight is 345 g/mol. The van der Waals surface area contributed by atoms with E-state index in [-0.39, 0.29) is 0 Å². The Morgan fingerprint density at radius 2 is 1.92 bits per heavy atom. The van der Waals surface area contributed by atoms with E-state index in [4.69, 9.17) is 0 Å². The highest BCUT2D eigenvalue weighted by Gasteiger charge is 2.11. The van der Waals surface area contributed by atoms with Gasteiger partial charge in [0, 0.05) is 5.56 Å². The molecule has 0 radical (unpaired) electrons. The summed E-state index contributed by atoms with van der Waals surface area (Å²) < 4.78 is 1.03. The summed E-state index contributed by atoms with van der Waals surface area (Å²) in [6, 6.07) is 11.6. The van der Waals surface area contributed by atoms with Crippen LogP contribution in [0.1, 0.15) is 27.3 Å². The minimum atomic E-state index is 0.692. The Labute approximate surface area is 149 Å². The number of aliphatic imine (C=N–C) groups is 1. The van der Waals surface area contributed by atoms with Gasteiger partial charge >= 0.3 is 0 Å². The molecule has 5 heteroatoms. The lowest BCUT2D eigenvalue weighted by Crippen LogP contribution is -1.86. The molecule has 3 rings (SSSR count). The zero-order valence-corrected chi connectivity index (χ0v) is 14.7. The van der Waals surface area contributed by atoms with E-state index in [9.17, 15) is 5.26 Å². The Morgan fingerprint density at radius 3 is 2.58 bits per heavy atom. The molecule has 0 bridgehead atoms. The molecular formula is C19H11N3S2. The van der Waals surface area contributed by atoms with Crippen LogP contribution >= 0.6 is 23.6 Å². The van der Waals surface area contributed by atoms with Crippen molar-refractivity contribution >= 4 is 44.6 Å². The van der Waals surface area contributed by atoms with Crippen LogP contribution < -0.4 is 0 Å². The lowest BCUT2D eigenvalue weighted by Gasteiger charge is -2.00. The molecular weight excluding hydrogens is 334 g/mol. The van der Waals surface area contributed by atoms with Crippen molar-refractivity contribution in [3.8, 4) is 17.9 Å². The third-order valence-corrected chi connectivity index (χ3v) is 4.76. The van der Waals surface area contributed by atoms with Crippen molar-refractivity contribution in [1.82, 2.24) is 4.98 Å². The highest BCUT2D eigenvalue weighted by atomic mass is 32.1. The lowest BCUT2D eigenvalue weighted by molar-refractivity contribution is 1.36. The van der Waals surface area contributed by atoms with Crippen LogP contribution in [0.4, 0.5) is 5.69 Å². The quantitative estimate of drug-likeness (QED) is 0.357. The first-order valence-electron chi connectivity index (χ1n) is 7.13. The monoisotopic (exact) mass is 345 g/mol. The molecule has 24 heavy (non-hydrogen) atoms. The van der Waals surface area contributed by atoms with Gasteiger partial charge in [-0.2, -0.15) is 10.3 Å². The summed E-state index contributed by atoms with van der Waals surface area (Å²) in [5.41, 5.74) is 5.21. The lowest BCUT2D eigenvalue weighted by atomic mass is 10.1. The van der Waals surface area contributed by atoms with E-state index in [1.807, 2.05) is 44.2 Å². The fourth-order valence-corrected chi connectivity index (χ4v) is 3.43. The van der Waals surface area contributed by atoms with Crippen LogP contribution in [-0.4, -0.2) is 10.1 Å². The van der Waals surface area contributed by atoms with Gasteiger partial charge in [-0.1, -0.05) is 5.92 Å². The van der Waals surface area contributed by atoms with Crippen LogP contribution in [0.5, 0.6) is 0 Å². The molecule has 1 heterocycles. The van der Waals surface area contributed by atoms with Crippen molar-refractivity contribution in [2.75, 3.05) is 0 Å². The van der Waals surface area contributed by atoms with Crippen LogP contribution in [0.3, 0.4) is 0 Å². The molecule has 0 unspecified atom stereocenters. The van der Waals surface area contributed by atoms with Gasteiger partial charge in [-0.3, -0.25) is 0 Å². The van der Waals surface area contributed by atoms with Crippen molar-refractivity contribution in [3.05, 3.63) is 57.6 Å². The van der Waals surface area contributed by atoms with E-state index in [2.05, 4.69) is 45.3 Å². The van der Waals surface area contributed by atoms with Crippen molar-refractivity contribution in [2.45, 2.75) is 13.8 Å². The molecule has 0 aliphatic heterocycles. The van der Waals surface area contributed by atoms with Crippen molar-refractivity contribution in [3.63, 3.8) is 0 Å². The zero-order valence-electron chi connectivity index (χ0n) is 13.0. The average Bonchev–Trinajstić information content (AvgIpc) is 3.03. The number of nitriles is 1. The van der Waals surface area contributed by atoms with E-state index < -0.39 is 0 Å². The van der Waals surface area contributed by atoms with Gasteiger partial charge in [-0.05, 0) is 73.4 Å². The van der Waals surface area contributed by atoms with Gasteiger partial charge in [0.2, 0.25) is 0 Å². The first kappa shape index (κ1) is 16.1. The molecule has 0 atom stereocenters. The summed E-state index contributed by atoms with van der Waals surface area (Å²) in [6.07, 6.45) is 0. The molecule has 0 aliphatic rings. The van der Waals surface area contributed by atoms with Crippen molar-refractivity contribution < 1.29 is 0 Å². The third kappa shape index (κ3) is 3.11. The maximum atomic E-state index is 9.21. The second-order valence-corrected chi connectivity index (χ2v) is 6.36. The number of isothiocyanates is 1. The van der Waals surface area contributed by atoms with Gasteiger partial charge in [0.1, 0.15) is 0 Å². The second kappa shape index (κ2) is 6.74. The molecule has 0 N–H and O–H groups in total. The summed E-state index contributed by atoms with van der Waals surface area (Å²) in [4.78, 5) is 8.51. The summed E-state index contributed by atoms with van der Waals surface area (Å²) in [5, 5.41) is 12.3. The largest absolute Gasteiger partial charge is 0.227 e. The molecule has 0 saturated heterocycles. The summed E-state index contributed by atoms with van der Waals surface area (Å²) in [7, 11) is 0. The van der Waals surface area contributed by atoms with Gasteiger partial charge < -0.3 is 0 Å². The molecule has 114 valence electrons. The number of aryl methyl sites for hydroxylation is 2. The minimum absolute atomic E-state index is 0.692. The van der Waals surface area contributed by atoms with Crippen molar-refractivity contribution in [2.24, 2.45) is 4.99 Å². The standard InChI is InChI=1S/C19H11N3S2/c1-12-9-15(10-20)13(2)19-18(12)22-17(24-19)8-5-14-3-6-16(7-4-14)21-11-23/h3-4,6-7,9H,1-2H3. The first-order chi connectivity index (χ1) is 11.6. The molecule has 3 nitrogen and oxygen atoms in total. The molecule has 0 spiro atoms. The van der Waals surface area contributed by atoms with E-state index in [1.54, 1.807) is 0 Å². The smallest absolute Gasteiger partial charge is 0.168 e. The highest BCUT2D eigenvalue weighted by molar-refractivity contribution is 7.78. The Hall–Kier alpha value is -2.82. The SMILES string of the molecule is Cc1cc(C#N)c(C)c2sc(C#Cc3ccc(N=C=S)cc3)nc12. The number of hydrogen-bond donors (Lipinski definition) is 0. The van der Waals surface area contributed by atoms with Crippen LogP contribution in [-0.2, 0) is 0 Å². The van der Waals surface area contributed by atoms with Gasteiger partial charge in [-0.15, -0.1) is 11.3 Å². The molecule has 0 amide bonds. The number of nitrogens with zero attached hydrogens (tertiary/aromatic N) is 3. The van der Waals surface area contributed by atoms with Crippen LogP contribution in [0.15, 0.2) is 35.3 Å². The van der Waals surface area contributed by atoms with E-state index in [0.29, 0.717) is 5.56 Å². The number of rotatable bonds is 1. The van der Waals surface area contributed by atoms with Gasteiger partial charge in [0.15, 0.2) is 5.01 Å². The summed E-state index contributed by atoms with van der Waals surface area (Å²) in [5.74, 6) is 6.20. The van der Waals surface area contributed by atoms with Gasteiger partial charge in [0.25, 0.3) is 0 Å². The molecule has 0 saturated carbocycles. The number of fused-ring (bicyclic) bond motifs is 1. The maximum absolute atomic E-state index is 9.21. The molecule has 0 fully saturated rings. The predicted octanol–water partition coefficient (Wildman–Crippen LogP) is 4.92. The normalized spacial score (nSPS) is 9.71. The van der Waals surface area contributed by atoms with Gasteiger partial charge in [0.05, 0.1) is 32.7 Å². The Bertz CT molecular complexity index is 1080. The topological polar surface area (TPSA) is 49.0 Å². The highest BCUT2D eigenvalue weighted by Crippen LogP contribution is 2.30. The maximum Gasteiger partial charge on any atom is 0.168 e. The molecule has 3 aromatic rings. The second-order valence-electron chi connectivity index (χ2n) is 5.17. The Morgan fingerprint density at radius 1 is 1.17 bits per heavy atom. The fourth-order valence-electron chi connectivity index (χ4n) is 2.32. The number of hydrogen-bond acceptors (Lipinski definition) is 5. The van der Waals surface area contributed by atoms with Crippen molar-refractivity contribution in [1.29, 1.82) is 5.26 Å². The molecule has 2 aromatic carbocycles. The zero-order chi connectivity index (χ0) is 17.1. The van der Waals surface area contributed by atoms with Gasteiger partial charge in [-0.25, -0.2) is 4.98 Å². The predicted molar refractivity (Wildman–Crippen MR) is 101 cm³/mol. The third-order valence-electron chi connectivity index (χ3n) is 3.58. The minimum Gasteiger partial charge on any atom is -0.227 e. The van der Waals surface area contributed by atoms with Crippen LogP contribution in [0.2, 0.25) is 0 Å². The van der Waals surface area contributed by atoms with Crippen LogP contribution in [0, 0.1) is 37.0 Å². The van der Waals surface area contributed by atoms with E-state index in [1.165, 1.54) is 11.3 Å². The summed E-state index contributed by atoms with van der Waals surface area (Å²) >= 11 is 6.10. The van der Waals surface area contributed by atoms with E-state index >= 15 is 0 Å². The first-order valence-corrected chi connectivity index (χ1v) is 8.35. The van der Waals surface area contributed by atoms with Crippen LogP contribution in [0.25, 0.3) is 10.2 Å². The number of aromatic nitrogens is 1. The number of benzene rings is 2. The Kier molecular flexibility index (Phi) is 4.51. The molecule has 1 aromatic heterocycles. The summed E-state index contributed by atoms with van der Waals surface area (Å²) in [6.45, 7) is 3.92. The number of thiazole rings is 1. The number of thiocarbonyl (C=S) groups is 1. The van der Waals surface area contributed by atoms with E-state index in [0.717, 1.165) is 37.6 Å². The molecule has 0 aliphatic carbocycles.